The lowest BCUT2D eigenvalue weighted by atomic mass is 9.97. The highest BCUT2D eigenvalue weighted by atomic mass is 19.1. The second-order valence-corrected chi connectivity index (χ2v) is 4.44. The molecule has 2 nitrogen and oxygen atoms in total. The molecule has 0 saturated heterocycles. The van der Waals surface area contributed by atoms with Crippen molar-refractivity contribution < 1.29 is 4.39 Å². The van der Waals surface area contributed by atoms with Crippen molar-refractivity contribution in [3.05, 3.63) is 71.5 Å². The van der Waals surface area contributed by atoms with E-state index in [4.69, 9.17) is 5.26 Å². The second kappa shape index (κ2) is 6.12. The van der Waals surface area contributed by atoms with E-state index in [0.717, 1.165) is 11.1 Å². The van der Waals surface area contributed by atoms with Crippen LogP contribution in [0.1, 0.15) is 17.2 Å². The number of nitriles is 1. The van der Waals surface area contributed by atoms with Gasteiger partial charge in [0.2, 0.25) is 0 Å². The maximum Gasteiger partial charge on any atom is 0.123 e. The summed E-state index contributed by atoms with van der Waals surface area (Å²) in [6.07, 6.45) is 0. The lowest BCUT2D eigenvalue weighted by Gasteiger charge is -2.26. The first-order valence-corrected chi connectivity index (χ1v) is 6.10. The first-order valence-electron chi connectivity index (χ1n) is 6.10. The third-order valence-electron chi connectivity index (χ3n) is 3.06. The van der Waals surface area contributed by atoms with Gasteiger partial charge >= 0.3 is 0 Å². The summed E-state index contributed by atoms with van der Waals surface area (Å²) in [4.78, 5) is 1.95. The van der Waals surface area contributed by atoms with E-state index in [0.29, 0.717) is 6.54 Å². The van der Waals surface area contributed by atoms with Gasteiger partial charge in [-0.15, -0.1) is 0 Å². The van der Waals surface area contributed by atoms with Crippen LogP contribution in [0.4, 0.5) is 4.39 Å². The van der Waals surface area contributed by atoms with Crippen molar-refractivity contribution in [1.82, 2.24) is 4.90 Å². The number of rotatable bonds is 4. The summed E-state index contributed by atoms with van der Waals surface area (Å²) < 4.78 is 13.0. The fraction of sp³-hybridized carbons (Fsp3) is 0.188. The molecular weight excluding hydrogens is 239 g/mol. The van der Waals surface area contributed by atoms with Gasteiger partial charge in [0.15, 0.2) is 0 Å². The van der Waals surface area contributed by atoms with E-state index in [1.807, 2.05) is 42.3 Å². The Kier molecular flexibility index (Phi) is 4.27. The van der Waals surface area contributed by atoms with Crippen molar-refractivity contribution in [2.45, 2.75) is 6.04 Å². The molecule has 1 atom stereocenters. The molecule has 2 rings (SSSR count). The Bertz CT molecular complexity index is 558. The van der Waals surface area contributed by atoms with Crippen molar-refractivity contribution in [3.8, 4) is 6.07 Å². The largest absolute Gasteiger partial charge is 0.282 e. The molecule has 0 amide bonds. The summed E-state index contributed by atoms with van der Waals surface area (Å²) in [5.41, 5.74) is 2.07. The highest BCUT2D eigenvalue weighted by Crippen LogP contribution is 2.27. The molecule has 0 aliphatic carbocycles. The molecule has 0 N–H and O–H groups in total. The number of hydrogen-bond acceptors (Lipinski definition) is 2. The van der Waals surface area contributed by atoms with Gasteiger partial charge in [0, 0.05) is 0 Å². The van der Waals surface area contributed by atoms with E-state index in [2.05, 4.69) is 6.07 Å². The minimum Gasteiger partial charge on any atom is -0.282 e. The van der Waals surface area contributed by atoms with E-state index in [1.54, 1.807) is 12.1 Å². The van der Waals surface area contributed by atoms with Crippen LogP contribution in [0.15, 0.2) is 54.6 Å². The number of benzene rings is 2. The van der Waals surface area contributed by atoms with E-state index < -0.39 is 0 Å². The molecule has 0 aromatic heterocycles. The molecule has 96 valence electrons. The second-order valence-electron chi connectivity index (χ2n) is 4.44. The average Bonchev–Trinajstić information content (AvgIpc) is 2.43. The molecule has 2 aromatic rings. The van der Waals surface area contributed by atoms with Crippen molar-refractivity contribution in [2.24, 2.45) is 0 Å². The van der Waals surface area contributed by atoms with Crippen molar-refractivity contribution >= 4 is 0 Å². The molecule has 0 spiro atoms. The zero-order valence-electron chi connectivity index (χ0n) is 10.8. The number of halogens is 1. The SMILES string of the molecule is CN(CC#N)[C@@H](c1ccccc1)c1ccc(F)cc1. The van der Waals surface area contributed by atoms with Crippen LogP contribution in [0.5, 0.6) is 0 Å². The summed E-state index contributed by atoms with van der Waals surface area (Å²) in [5, 5.41) is 8.87. The van der Waals surface area contributed by atoms with E-state index in [9.17, 15) is 4.39 Å². The molecule has 19 heavy (non-hydrogen) atoms. The Morgan fingerprint density at radius 3 is 2.21 bits per heavy atom. The Morgan fingerprint density at radius 1 is 1.05 bits per heavy atom. The molecule has 3 heteroatoms. The predicted octanol–water partition coefficient (Wildman–Crippen LogP) is 3.37. The Labute approximate surface area is 112 Å². The van der Waals surface area contributed by atoms with Gasteiger partial charge in [0.25, 0.3) is 0 Å². The summed E-state index contributed by atoms with van der Waals surface area (Å²) in [5.74, 6) is -0.251. The lowest BCUT2D eigenvalue weighted by molar-refractivity contribution is 0.312. The molecule has 0 heterocycles. The molecular formula is C16H15FN2. The first kappa shape index (κ1) is 13.3. The van der Waals surface area contributed by atoms with Crippen LogP contribution in [0.3, 0.4) is 0 Å². The number of nitrogens with zero attached hydrogens (tertiary/aromatic N) is 2. The van der Waals surface area contributed by atoms with Crippen LogP contribution in [0.25, 0.3) is 0 Å². The van der Waals surface area contributed by atoms with Crippen LogP contribution in [0, 0.1) is 17.1 Å². The van der Waals surface area contributed by atoms with Crippen LogP contribution < -0.4 is 0 Å². The van der Waals surface area contributed by atoms with Crippen LogP contribution in [-0.2, 0) is 0 Å². The zero-order chi connectivity index (χ0) is 13.7. The van der Waals surface area contributed by atoms with Gasteiger partial charge in [-0.1, -0.05) is 42.5 Å². The minimum absolute atomic E-state index is 0.0403. The van der Waals surface area contributed by atoms with Gasteiger partial charge in [0.05, 0.1) is 18.7 Å². The monoisotopic (exact) mass is 254 g/mol. The maximum atomic E-state index is 13.0. The fourth-order valence-electron chi connectivity index (χ4n) is 2.18. The molecule has 0 fully saturated rings. The molecule has 0 radical (unpaired) electrons. The molecule has 0 saturated carbocycles. The average molecular weight is 254 g/mol. The lowest BCUT2D eigenvalue weighted by Crippen LogP contribution is -2.25. The topological polar surface area (TPSA) is 27.0 Å². The van der Waals surface area contributed by atoms with Crippen molar-refractivity contribution in [2.75, 3.05) is 13.6 Å². The Hall–Kier alpha value is -2.18. The summed E-state index contributed by atoms with van der Waals surface area (Å²) in [6, 6.07) is 18.5. The van der Waals surface area contributed by atoms with Gasteiger partial charge in [-0.25, -0.2) is 4.39 Å². The van der Waals surface area contributed by atoms with Crippen LogP contribution >= 0.6 is 0 Å². The van der Waals surface area contributed by atoms with E-state index in [-0.39, 0.29) is 11.9 Å². The minimum atomic E-state index is -0.251. The van der Waals surface area contributed by atoms with Crippen molar-refractivity contribution in [3.63, 3.8) is 0 Å². The van der Waals surface area contributed by atoms with Crippen molar-refractivity contribution in [1.29, 1.82) is 5.26 Å². The molecule has 2 aromatic carbocycles. The first-order chi connectivity index (χ1) is 9.22. The third kappa shape index (κ3) is 3.18. The van der Waals surface area contributed by atoms with Crippen LogP contribution in [-0.4, -0.2) is 18.5 Å². The molecule has 0 bridgehead atoms. The highest BCUT2D eigenvalue weighted by Gasteiger charge is 2.18. The quantitative estimate of drug-likeness (QED) is 0.782. The molecule has 0 unspecified atom stereocenters. The number of hydrogen-bond donors (Lipinski definition) is 0. The van der Waals surface area contributed by atoms with E-state index >= 15 is 0 Å². The van der Waals surface area contributed by atoms with Gasteiger partial charge in [-0.2, -0.15) is 5.26 Å². The van der Waals surface area contributed by atoms with Gasteiger partial charge in [-0.3, -0.25) is 4.90 Å². The highest BCUT2D eigenvalue weighted by molar-refractivity contribution is 5.32. The molecule has 0 aliphatic rings. The standard InChI is InChI=1S/C16H15FN2/c1-19(12-11-18)16(13-5-3-2-4-6-13)14-7-9-15(17)10-8-14/h2-10,16H,12H2,1H3/t16-/m0/s1. The van der Waals surface area contributed by atoms with Gasteiger partial charge < -0.3 is 0 Å². The normalized spacial score (nSPS) is 12.1. The summed E-state index contributed by atoms with van der Waals surface area (Å²) in [7, 11) is 1.89. The maximum absolute atomic E-state index is 13.0. The van der Waals surface area contributed by atoms with Crippen LogP contribution in [0.2, 0.25) is 0 Å². The smallest absolute Gasteiger partial charge is 0.123 e. The zero-order valence-corrected chi connectivity index (χ0v) is 10.8. The molecule has 0 aliphatic heterocycles. The Balaban J connectivity index is 2.40. The summed E-state index contributed by atoms with van der Waals surface area (Å²) in [6.45, 7) is 0.316. The van der Waals surface area contributed by atoms with E-state index in [1.165, 1.54) is 12.1 Å². The van der Waals surface area contributed by atoms with Gasteiger partial charge in [-0.05, 0) is 30.3 Å². The predicted molar refractivity (Wildman–Crippen MR) is 72.9 cm³/mol. The Morgan fingerprint density at radius 2 is 1.63 bits per heavy atom. The third-order valence-corrected chi connectivity index (χ3v) is 3.06. The summed E-state index contributed by atoms with van der Waals surface area (Å²) >= 11 is 0. The van der Waals surface area contributed by atoms with Gasteiger partial charge in [0.1, 0.15) is 5.82 Å². The fourth-order valence-corrected chi connectivity index (χ4v) is 2.18.